The molecule has 0 aromatic carbocycles. The Bertz CT molecular complexity index is 314. The topological polar surface area (TPSA) is 29.1 Å². The van der Waals surface area contributed by atoms with E-state index in [0.717, 1.165) is 25.7 Å². The highest BCUT2D eigenvalue weighted by atomic mass is 16.1. The van der Waals surface area contributed by atoms with E-state index in [1.807, 2.05) is 0 Å². The molecule has 27 heavy (non-hydrogen) atoms. The molecule has 0 fully saturated rings. The molecule has 0 aliphatic rings. The summed E-state index contributed by atoms with van der Waals surface area (Å²) in [6, 6.07) is 0. The van der Waals surface area contributed by atoms with E-state index in [2.05, 4.69) is 33.0 Å². The number of hydrogen-bond donors (Lipinski definition) is 1. The first-order valence-corrected chi connectivity index (χ1v) is 12.4. The van der Waals surface area contributed by atoms with Crippen molar-refractivity contribution in [3.63, 3.8) is 0 Å². The van der Waals surface area contributed by atoms with Crippen molar-refractivity contribution in [2.24, 2.45) is 0 Å². The quantitative estimate of drug-likeness (QED) is 0.211. The second-order valence-corrected chi connectivity index (χ2v) is 8.59. The van der Waals surface area contributed by atoms with Gasteiger partial charge in [0.05, 0.1) is 0 Å². The first kappa shape index (κ1) is 26.5. The van der Waals surface area contributed by atoms with Crippen molar-refractivity contribution < 1.29 is 4.79 Å². The van der Waals surface area contributed by atoms with Crippen molar-refractivity contribution in [2.75, 3.05) is 0 Å². The number of hydrogen-bond acceptors (Lipinski definition) is 1. The van der Waals surface area contributed by atoms with Crippen LogP contribution in [-0.4, -0.2) is 11.4 Å². The second-order valence-electron chi connectivity index (χ2n) is 8.59. The summed E-state index contributed by atoms with van der Waals surface area (Å²) in [6.45, 7) is 8.83. The normalized spacial score (nSPS) is 11.7. The van der Waals surface area contributed by atoms with Crippen LogP contribution in [0.2, 0.25) is 0 Å². The third-order valence-electron chi connectivity index (χ3n) is 6.44. The Hall–Kier alpha value is -0.530. The smallest absolute Gasteiger partial charge is 0.220 e. The number of carbonyl (C=O) groups excluding carboxylic acids is 1. The lowest BCUT2D eigenvalue weighted by molar-refractivity contribution is -0.123. The Morgan fingerprint density at radius 2 is 0.889 bits per heavy atom. The lowest BCUT2D eigenvalue weighted by Gasteiger charge is -2.31. The molecule has 0 unspecified atom stereocenters. The van der Waals surface area contributed by atoms with E-state index >= 15 is 0 Å². The minimum Gasteiger partial charge on any atom is -0.351 e. The molecule has 0 heterocycles. The van der Waals surface area contributed by atoms with Gasteiger partial charge in [0.15, 0.2) is 0 Å². The predicted molar refractivity (Wildman–Crippen MR) is 121 cm³/mol. The second kappa shape index (κ2) is 18.8. The van der Waals surface area contributed by atoms with Gasteiger partial charge in [-0.15, -0.1) is 0 Å². The van der Waals surface area contributed by atoms with Crippen LogP contribution in [0, 0.1) is 0 Å². The zero-order chi connectivity index (χ0) is 20.2. The molecule has 0 aromatic rings. The van der Waals surface area contributed by atoms with Crippen molar-refractivity contribution in [2.45, 2.75) is 155 Å². The molecule has 0 aromatic heterocycles. The third kappa shape index (κ3) is 15.1. The number of carbonyl (C=O) groups is 1. The maximum absolute atomic E-state index is 12.2. The number of unbranched alkanes of at least 4 members (excludes halogenated alkanes) is 14. The number of rotatable bonds is 20. The number of nitrogens with one attached hydrogen (secondary N) is 1. The fourth-order valence-corrected chi connectivity index (χ4v) is 4.03. The van der Waals surface area contributed by atoms with Crippen molar-refractivity contribution >= 4 is 5.91 Å². The Morgan fingerprint density at radius 1 is 0.556 bits per heavy atom. The van der Waals surface area contributed by atoms with Gasteiger partial charge in [-0.05, 0) is 25.7 Å². The SMILES string of the molecule is CCCCCCCCCCCCCCCCCC(=O)NC(CC)(CC)CC. The molecule has 2 nitrogen and oxygen atoms in total. The van der Waals surface area contributed by atoms with Crippen LogP contribution >= 0.6 is 0 Å². The summed E-state index contributed by atoms with van der Waals surface area (Å²) in [5.74, 6) is 0.259. The van der Waals surface area contributed by atoms with Crippen molar-refractivity contribution in [1.29, 1.82) is 0 Å². The van der Waals surface area contributed by atoms with Crippen LogP contribution in [0.1, 0.15) is 150 Å². The Balaban J connectivity index is 3.37. The summed E-state index contributed by atoms with van der Waals surface area (Å²) < 4.78 is 0. The highest BCUT2D eigenvalue weighted by Crippen LogP contribution is 2.20. The average molecular weight is 382 g/mol. The summed E-state index contributed by atoms with van der Waals surface area (Å²) >= 11 is 0. The molecule has 2 heteroatoms. The van der Waals surface area contributed by atoms with Gasteiger partial charge in [0.1, 0.15) is 0 Å². The summed E-state index contributed by atoms with van der Waals surface area (Å²) in [5, 5.41) is 3.29. The van der Waals surface area contributed by atoms with Crippen molar-refractivity contribution in [3.8, 4) is 0 Å². The van der Waals surface area contributed by atoms with Gasteiger partial charge >= 0.3 is 0 Å². The zero-order valence-corrected chi connectivity index (χ0v) is 19.3. The monoisotopic (exact) mass is 381 g/mol. The lowest BCUT2D eigenvalue weighted by Crippen LogP contribution is -2.47. The first-order valence-electron chi connectivity index (χ1n) is 12.4. The van der Waals surface area contributed by atoms with Crippen LogP contribution in [0.25, 0.3) is 0 Å². The highest BCUT2D eigenvalue weighted by molar-refractivity contribution is 5.76. The molecule has 0 radical (unpaired) electrons. The van der Waals surface area contributed by atoms with E-state index in [1.165, 1.54) is 89.9 Å². The number of amides is 1. The molecular formula is C25H51NO. The minimum absolute atomic E-state index is 0.0343. The fraction of sp³-hybridized carbons (Fsp3) is 0.960. The molecule has 1 N–H and O–H groups in total. The molecule has 0 aliphatic heterocycles. The van der Waals surface area contributed by atoms with E-state index in [0.29, 0.717) is 6.42 Å². The van der Waals surface area contributed by atoms with E-state index in [-0.39, 0.29) is 11.4 Å². The molecule has 0 rings (SSSR count). The van der Waals surface area contributed by atoms with E-state index < -0.39 is 0 Å². The van der Waals surface area contributed by atoms with Gasteiger partial charge in [-0.3, -0.25) is 4.79 Å². The molecule has 162 valence electrons. The van der Waals surface area contributed by atoms with Gasteiger partial charge < -0.3 is 5.32 Å². The van der Waals surface area contributed by atoms with Crippen LogP contribution in [-0.2, 0) is 4.79 Å². The molecule has 0 bridgehead atoms. The molecule has 0 spiro atoms. The maximum atomic E-state index is 12.2. The molecular weight excluding hydrogens is 330 g/mol. The van der Waals surface area contributed by atoms with Crippen LogP contribution in [0.15, 0.2) is 0 Å². The van der Waals surface area contributed by atoms with Crippen molar-refractivity contribution in [1.82, 2.24) is 5.32 Å². The molecule has 0 atom stereocenters. The van der Waals surface area contributed by atoms with Crippen LogP contribution in [0.3, 0.4) is 0 Å². The summed E-state index contributed by atoms with van der Waals surface area (Å²) in [5.41, 5.74) is 0.0343. The summed E-state index contributed by atoms with van der Waals surface area (Å²) in [6.07, 6.45) is 24.3. The van der Waals surface area contributed by atoms with Gasteiger partial charge in [-0.2, -0.15) is 0 Å². The Kier molecular flexibility index (Phi) is 18.4. The predicted octanol–water partition coefficient (Wildman–Crippen LogP) is 8.33. The van der Waals surface area contributed by atoms with E-state index in [1.54, 1.807) is 0 Å². The summed E-state index contributed by atoms with van der Waals surface area (Å²) in [4.78, 5) is 12.2. The zero-order valence-electron chi connectivity index (χ0n) is 19.3. The van der Waals surface area contributed by atoms with Crippen LogP contribution in [0.5, 0.6) is 0 Å². The van der Waals surface area contributed by atoms with Gasteiger partial charge in [0, 0.05) is 12.0 Å². The molecule has 1 amide bonds. The van der Waals surface area contributed by atoms with Gasteiger partial charge in [-0.1, -0.05) is 118 Å². The highest BCUT2D eigenvalue weighted by Gasteiger charge is 2.25. The minimum atomic E-state index is 0.0343. The van der Waals surface area contributed by atoms with E-state index in [4.69, 9.17) is 0 Å². The molecule has 0 saturated heterocycles. The Labute approximate surface area is 171 Å². The Morgan fingerprint density at radius 3 is 1.22 bits per heavy atom. The van der Waals surface area contributed by atoms with E-state index in [9.17, 15) is 4.79 Å². The van der Waals surface area contributed by atoms with Gasteiger partial charge in [0.25, 0.3) is 0 Å². The fourth-order valence-electron chi connectivity index (χ4n) is 4.03. The van der Waals surface area contributed by atoms with Gasteiger partial charge in [-0.25, -0.2) is 0 Å². The largest absolute Gasteiger partial charge is 0.351 e. The molecule has 0 saturated carbocycles. The molecule has 0 aliphatic carbocycles. The average Bonchev–Trinajstić information content (AvgIpc) is 2.69. The van der Waals surface area contributed by atoms with Crippen molar-refractivity contribution in [3.05, 3.63) is 0 Å². The maximum Gasteiger partial charge on any atom is 0.220 e. The van der Waals surface area contributed by atoms with Crippen LogP contribution in [0.4, 0.5) is 0 Å². The lowest BCUT2D eigenvalue weighted by atomic mass is 9.89. The first-order chi connectivity index (χ1) is 13.1. The van der Waals surface area contributed by atoms with Crippen LogP contribution < -0.4 is 5.32 Å². The summed E-state index contributed by atoms with van der Waals surface area (Å²) in [7, 11) is 0. The van der Waals surface area contributed by atoms with Gasteiger partial charge in [0.2, 0.25) is 5.91 Å². The standard InChI is InChI=1S/C25H51NO/c1-5-9-10-11-12-13-14-15-16-17-18-19-20-21-22-23-24(27)26-25(6-2,7-3)8-4/h5-23H2,1-4H3,(H,26,27). The third-order valence-corrected chi connectivity index (χ3v) is 6.44.